The van der Waals surface area contributed by atoms with Gasteiger partial charge in [0.2, 0.25) is 0 Å². The minimum absolute atomic E-state index is 0.389. The van der Waals surface area contributed by atoms with E-state index in [2.05, 4.69) is 29.8 Å². The summed E-state index contributed by atoms with van der Waals surface area (Å²) < 4.78 is 5.23. The van der Waals surface area contributed by atoms with Crippen LogP contribution in [0.15, 0.2) is 0 Å². The van der Waals surface area contributed by atoms with Gasteiger partial charge in [0.25, 0.3) is 0 Å². The van der Waals surface area contributed by atoms with Crippen molar-refractivity contribution in [1.82, 2.24) is 0 Å². The van der Waals surface area contributed by atoms with E-state index in [-0.39, 0.29) is 0 Å². The molecule has 0 aromatic heterocycles. The van der Waals surface area contributed by atoms with Gasteiger partial charge in [0.05, 0.1) is 12.7 Å². The lowest BCUT2D eigenvalue weighted by molar-refractivity contribution is 0.242. The van der Waals surface area contributed by atoms with Crippen LogP contribution >= 0.6 is 15.9 Å². The van der Waals surface area contributed by atoms with E-state index in [1.165, 1.54) is 6.42 Å². The highest BCUT2D eigenvalue weighted by Crippen LogP contribution is 2.36. The predicted molar refractivity (Wildman–Crippen MR) is 41.9 cm³/mol. The molecule has 0 bridgehead atoms. The normalized spacial score (nSPS) is 31.7. The van der Waals surface area contributed by atoms with Crippen molar-refractivity contribution in [3.05, 3.63) is 0 Å². The average Bonchev–Trinajstić information content (AvgIpc) is 2.68. The second-order valence-electron chi connectivity index (χ2n) is 2.96. The Morgan fingerprint density at radius 3 is 2.44 bits per heavy atom. The SMILES string of the molecule is CCC(C)(CBr)C1CO1. The van der Waals surface area contributed by atoms with Gasteiger partial charge in [-0.3, -0.25) is 0 Å². The number of halogens is 1. The minimum atomic E-state index is 0.389. The highest BCUT2D eigenvalue weighted by molar-refractivity contribution is 9.09. The lowest BCUT2D eigenvalue weighted by Gasteiger charge is -2.22. The molecule has 0 aromatic rings. The lowest BCUT2D eigenvalue weighted by Crippen LogP contribution is -2.24. The quantitative estimate of drug-likeness (QED) is 0.494. The smallest absolute Gasteiger partial charge is 0.0871 e. The molecule has 0 spiro atoms. The largest absolute Gasteiger partial charge is 0.373 e. The lowest BCUT2D eigenvalue weighted by atomic mass is 9.87. The van der Waals surface area contributed by atoms with E-state index >= 15 is 0 Å². The summed E-state index contributed by atoms with van der Waals surface area (Å²) in [6.45, 7) is 5.44. The first-order chi connectivity index (χ1) is 4.23. The van der Waals surface area contributed by atoms with E-state index in [1.54, 1.807) is 0 Å². The Bertz CT molecular complexity index is 95.1. The van der Waals surface area contributed by atoms with E-state index < -0.39 is 0 Å². The van der Waals surface area contributed by atoms with Crippen molar-refractivity contribution in [2.45, 2.75) is 26.4 Å². The summed E-state index contributed by atoms with van der Waals surface area (Å²) in [4.78, 5) is 0. The van der Waals surface area contributed by atoms with Gasteiger partial charge in [-0.05, 0) is 6.42 Å². The van der Waals surface area contributed by atoms with Crippen molar-refractivity contribution in [2.75, 3.05) is 11.9 Å². The summed E-state index contributed by atoms with van der Waals surface area (Å²) in [6, 6.07) is 0. The molecule has 2 atom stereocenters. The monoisotopic (exact) mass is 192 g/mol. The van der Waals surface area contributed by atoms with Gasteiger partial charge in [-0.2, -0.15) is 0 Å². The maximum atomic E-state index is 5.23. The van der Waals surface area contributed by atoms with Gasteiger partial charge < -0.3 is 4.74 Å². The standard InChI is InChI=1S/C7H13BrO/c1-3-7(2,5-8)6-4-9-6/h6H,3-5H2,1-2H3. The van der Waals surface area contributed by atoms with Crippen molar-refractivity contribution in [3.63, 3.8) is 0 Å². The van der Waals surface area contributed by atoms with Crippen molar-refractivity contribution in [3.8, 4) is 0 Å². The van der Waals surface area contributed by atoms with Gasteiger partial charge in [-0.25, -0.2) is 0 Å². The zero-order chi connectivity index (χ0) is 6.91. The summed E-state index contributed by atoms with van der Waals surface area (Å²) in [5.74, 6) is 0. The fourth-order valence-electron chi connectivity index (χ4n) is 0.859. The van der Waals surface area contributed by atoms with Crippen LogP contribution in [0.1, 0.15) is 20.3 Å². The number of rotatable bonds is 3. The Morgan fingerprint density at radius 1 is 1.78 bits per heavy atom. The van der Waals surface area contributed by atoms with Crippen LogP contribution < -0.4 is 0 Å². The van der Waals surface area contributed by atoms with Gasteiger partial charge in [0.15, 0.2) is 0 Å². The molecule has 0 radical (unpaired) electrons. The number of ether oxygens (including phenoxy) is 1. The summed E-state index contributed by atoms with van der Waals surface area (Å²) in [6.07, 6.45) is 1.73. The zero-order valence-electron chi connectivity index (χ0n) is 5.98. The highest BCUT2D eigenvalue weighted by Gasteiger charge is 2.40. The molecule has 1 nitrogen and oxygen atoms in total. The molecule has 0 saturated carbocycles. The third-order valence-electron chi connectivity index (χ3n) is 2.22. The molecule has 2 heteroatoms. The van der Waals surface area contributed by atoms with E-state index in [0.717, 1.165) is 11.9 Å². The molecule has 1 rings (SSSR count). The van der Waals surface area contributed by atoms with Crippen molar-refractivity contribution >= 4 is 15.9 Å². The van der Waals surface area contributed by atoms with Crippen LogP contribution in [0.5, 0.6) is 0 Å². The second-order valence-corrected chi connectivity index (χ2v) is 3.52. The summed E-state index contributed by atoms with van der Waals surface area (Å²) in [5.41, 5.74) is 0.389. The van der Waals surface area contributed by atoms with Crippen molar-refractivity contribution in [1.29, 1.82) is 0 Å². The summed E-state index contributed by atoms with van der Waals surface area (Å²) in [7, 11) is 0. The molecule has 1 heterocycles. The fourth-order valence-corrected chi connectivity index (χ4v) is 1.62. The van der Waals surface area contributed by atoms with Crippen LogP contribution in [0.2, 0.25) is 0 Å². The number of alkyl halides is 1. The molecule has 0 aliphatic carbocycles. The predicted octanol–water partition coefficient (Wildman–Crippen LogP) is 2.20. The first kappa shape index (κ1) is 7.55. The number of hydrogen-bond acceptors (Lipinski definition) is 1. The molecule has 1 fully saturated rings. The Kier molecular flexibility index (Phi) is 2.17. The van der Waals surface area contributed by atoms with E-state index in [9.17, 15) is 0 Å². The third kappa shape index (κ3) is 1.47. The Morgan fingerprint density at radius 2 is 2.33 bits per heavy atom. The topological polar surface area (TPSA) is 12.5 Å². The van der Waals surface area contributed by atoms with Gasteiger partial charge in [0.1, 0.15) is 0 Å². The maximum Gasteiger partial charge on any atom is 0.0871 e. The molecule has 1 saturated heterocycles. The minimum Gasteiger partial charge on any atom is -0.373 e. The molecule has 9 heavy (non-hydrogen) atoms. The van der Waals surface area contributed by atoms with E-state index in [1.807, 2.05) is 0 Å². The van der Waals surface area contributed by atoms with Crippen LogP contribution in [-0.4, -0.2) is 18.0 Å². The van der Waals surface area contributed by atoms with Crippen molar-refractivity contribution in [2.24, 2.45) is 5.41 Å². The van der Waals surface area contributed by atoms with Crippen LogP contribution in [0, 0.1) is 5.41 Å². The van der Waals surface area contributed by atoms with Gasteiger partial charge in [-0.1, -0.05) is 29.8 Å². The Labute approximate surface area is 64.9 Å². The number of epoxide rings is 1. The zero-order valence-corrected chi connectivity index (χ0v) is 7.57. The van der Waals surface area contributed by atoms with Crippen LogP contribution in [-0.2, 0) is 4.74 Å². The average molecular weight is 193 g/mol. The Balaban J connectivity index is 2.43. The first-order valence-corrected chi connectivity index (χ1v) is 4.52. The molecular formula is C7H13BrO. The molecule has 2 unspecified atom stereocenters. The Hall–Kier alpha value is 0.440. The first-order valence-electron chi connectivity index (χ1n) is 3.40. The fraction of sp³-hybridized carbons (Fsp3) is 1.00. The number of hydrogen-bond donors (Lipinski definition) is 0. The van der Waals surface area contributed by atoms with Gasteiger partial charge in [0, 0.05) is 10.7 Å². The highest BCUT2D eigenvalue weighted by atomic mass is 79.9. The molecule has 0 amide bonds. The molecular weight excluding hydrogens is 180 g/mol. The van der Waals surface area contributed by atoms with Crippen LogP contribution in [0.4, 0.5) is 0 Å². The van der Waals surface area contributed by atoms with Crippen LogP contribution in [0.3, 0.4) is 0 Å². The summed E-state index contributed by atoms with van der Waals surface area (Å²) >= 11 is 3.49. The molecule has 0 N–H and O–H groups in total. The summed E-state index contributed by atoms with van der Waals surface area (Å²) in [5, 5.41) is 1.06. The molecule has 1 aliphatic heterocycles. The molecule has 54 valence electrons. The van der Waals surface area contributed by atoms with Crippen LogP contribution in [0.25, 0.3) is 0 Å². The maximum absolute atomic E-state index is 5.23. The van der Waals surface area contributed by atoms with Gasteiger partial charge in [-0.15, -0.1) is 0 Å². The van der Waals surface area contributed by atoms with Crippen molar-refractivity contribution < 1.29 is 4.74 Å². The third-order valence-corrected chi connectivity index (χ3v) is 3.50. The van der Waals surface area contributed by atoms with Gasteiger partial charge >= 0.3 is 0 Å². The second kappa shape index (κ2) is 2.59. The van der Waals surface area contributed by atoms with E-state index in [4.69, 9.17) is 4.74 Å². The van der Waals surface area contributed by atoms with E-state index in [0.29, 0.717) is 11.5 Å². The molecule has 1 aliphatic rings. The molecule has 0 aromatic carbocycles.